The highest BCUT2D eigenvalue weighted by Gasteiger charge is 2.25. The van der Waals surface area contributed by atoms with Crippen LogP contribution in [0.5, 0.6) is 0 Å². The molecular weight excluding hydrogens is 625 g/mol. The van der Waals surface area contributed by atoms with Gasteiger partial charge in [0.25, 0.3) is 0 Å². The number of oxazole rings is 1. The number of hydrogen-bond donors (Lipinski definition) is 0. The van der Waals surface area contributed by atoms with Crippen molar-refractivity contribution < 1.29 is 13.3 Å². The van der Waals surface area contributed by atoms with Crippen molar-refractivity contribution in [2.45, 2.75) is 0 Å². The Hall–Kier alpha value is -6.37. The number of para-hydroxylation sites is 2. The van der Waals surface area contributed by atoms with Crippen molar-refractivity contribution in [2.24, 2.45) is 0 Å². The second-order valence-electron chi connectivity index (χ2n) is 12.3. The number of nitrogens with zero attached hydrogens (tertiary/aromatic N) is 2. The Morgan fingerprint density at radius 3 is 1.96 bits per heavy atom. The number of benzene rings is 7. The molecule has 11 rings (SSSR count). The molecule has 0 atom stereocenters. The molecule has 0 fully saturated rings. The molecule has 49 heavy (non-hydrogen) atoms. The molecule has 0 aliphatic carbocycles. The van der Waals surface area contributed by atoms with E-state index in [9.17, 15) is 0 Å². The number of hydrogen-bond acceptors (Lipinski definition) is 6. The zero-order valence-corrected chi connectivity index (χ0v) is 26.7. The maximum atomic E-state index is 6.62. The summed E-state index contributed by atoms with van der Waals surface area (Å²) in [7, 11) is 0. The van der Waals surface area contributed by atoms with Crippen molar-refractivity contribution in [3.8, 4) is 11.5 Å². The molecule has 6 heteroatoms. The first-order valence-electron chi connectivity index (χ1n) is 16.2. The minimum absolute atomic E-state index is 0.603. The lowest BCUT2D eigenvalue weighted by Crippen LogP contribution is -2.10. The van der Waals surface area contributed by atoms with Gasteiger partial charge in [-0.3, -0.25) is 0 Å². The van der Waals surface area contributed by atoms with E-state index in [0.717, 1.165) is 93.1 Å². The van der Waals surface area contributed by atoms with Crippen molar-refractivity contribution in [3.05, 3.63) is 146 Å². The molecule has 0 unspecified atom stereocenters. The van der Waals surface area contributed by atoms with Gasteiger partial charge in [-0.1, -0.05) is 72.8 Å². The molecule has 230 valence electrons. The van der Waals surface area contributed by atoms with Crippen LogP contribution in [0.25, 0.3) is 86.6 Å². The molecule has 0 saturated carbocycles. The molecule has 11 aromatic rings. The summed E-state index contributed by atoms with van der Waals surface area (Å²) in [6.45, 7) is 0. The maximum Gasteiger partial charge on any atom is 0.227 e. The van der Waals surface area contributed by atoms with Gasteiger partial charge in [-0.25, -0.2) is 4.98 Å². The Morgan fingerprint density at radius 1 is 0.490 bits per heavy atom. The molecule has 0 aliphatic rings. The van der Waals surface area contributed by atoms with Crippen LogP contribution in [0, 0.1) is 0 Å². The normalized spacial score (nSPS) is 12.1. The van der Waals surface area contributed by atoms with E-state index >= 15 is 0 Å². The number of anilines is 3. The topological polar surface area (TPSA) is 55.6 Å². The molecule has 7 aromatic carbocycles. The number of aromatic nitrogens is 1. The Morgan fingerprint density at radius 2 is 1.12 bits per heavy atom. The van der Waals surface area contributed by atoms with Gasteiger partial charge in [-0.05, 0) is 66.7 Å². The number of fused-ring (bicyclic) bond motifs is 11. The van der Waals surface area contributed by atoms with E-state index < -0.39 is 0 Å². The predicted octanol–water partition coefficient (Wildman–Crippen LogP) is 13.1. The Kier molecular flexibility index (Phi) is 5.48. The van der Waals surface area contributed by atoms with Gasteiger partial charge in [0.15, 0.2) is 5.58 Å². The molecule has 0 amide bonds. The number of furan rings is 2. The first-order valence-corrected chi connectivity index (χ1v) is 17.0. The van der Waals surface area contributed by atoms with Crippen LogP contribution in [0.1, 0.15) is 0 Å². The molecule has 0 saturated heterocycles. The van der Waals surface area contributed by atoms with Gasteiger partial charge in [-0.2, -0.15) is 0 Å². The van der Waals surface area contributed by atoms with Crippen LogP contribution in [0.2, 0.25) is 0 Å². The third kappa shape index (κ3) is 3.95. The second kappa shape index (κ2) is 10.1. The van der Waals surface area contributed by atoms with E-state index in [0.29, 0.717) is 5.89 Å². The zero-order chi connectivity index (χ0) is 32.1. The summed E-state index contributed by atoms with van der Waals surface area (Å²) in [5.41, 5.74) is 8.95. The SMILES string of the molecule is c1ccc(-c2nc3cc(N(c4ccc5c(c4)oc4ccccc45)c4ccc5oc6ccccc6c5c4)c4sc5ccccc5c4c3o2)cc1. The highest BCUT2D eigenvalue weighted by atomic mass is 32.1. The number of rotatable bonds is 4. The summed E-state index contributed by atoms with van der Waals surface area (Å²) in [5, 5.41) is 6.54. The Labute approximate surface area is 282 Å². The predicted molar refractivity (Wildman–Crippen MR) is 202 cm³/mol. The minimum Gasteiger partial charge on any atom is -0.456 e. The van der Waals surface area contributed by atoms with Crippen molar-refractivity contribution in [1.82, 2.24) is 4.98 Å². The molecule has 0 radical (unpaired) electrons. The van der Waals surface area contributed by atoms with Gasteiger partial charge < -0.3 is 18.2 Å². The largest absolute Gasteiger partial charge is 0.456 e. The van der Waals surface area contributed by atoms with E-state index in [2.05, 4.69) is 95.9 Å². The molecule has 0 spiro atoms. The molecule has 0 bridgehead atoms. The smallest absolute Gasteiger partial charge is 0.227 e. The fraction of sp³-hybridized carbons (Fsp3) is 0. The third-order valence-corrected chi connectivity index (χ3v) is 10.7. The van der Waals surface area contributed by atoms with Crippen molar-refractivity contribution in [3.63, 3.8) is 0 Å². The highest BCUT2D eigenvalue weighted by Crippen LogP contribution is 2.49. The summed E-state index contributed by atoms with van der Waals surface area (Å²) < 4.78 is 21.6. The summed E-state index contributed by atoms with van der Waals surface area (Å²) in [6.07, 6.45) is 0. The summed E-state index contributed by atoms with van der Waals surface area (Å²) in [5.74, 6) is 0.603. The maximum absolute atomic E-state index is 6.62. The fourth-order valence-electron chi connectivity index (χ4n) is 7.26. The first-order chi connectivity index (χ1) is 24.3. The lowest BCUT2D eigenvalue weighted by Gasteiger charge is -2.26. The van der Waals surface area contributed by atoms with Crippen LogP contribution in [0.4, 0.5) is 17.1 Å². The first kappa shape index (κ1) is 26.7. The van der Waals surface area contributed by atoms with Crippen molar-refractivity contribution in [1.29, 1.82) is 0 Å². The lowest BCUT2D eigenvalue weighted by molar-refractivity contribution is 0.623. The van der Waals surface area contributed by atoms with Crippen LogP contribution in [0.3, 0.4) is 0 Å². The zero-order valence-electron chi connectivity index (χ0n) is 25.9. The molecular formula is C43H24N2O3S. The van der Waals surface area contributed by atoms with Gasteiger partial charge in [0.05, 0.1) is 10.4 Å². The van der Waals surface area contributed by atoms with E-state index in [1.54, 1.807) is 11.3 Å². The highest BCUT2D eigenvalue weighted by molar-refractivity contribution is 7.26. The average molecular weight is 649 g/mol. The van der Waals surface area contributed by atoms with Crippen molar-refractivity contribution >= 4 is 104 Å². The second-order valence-corrected chi connectivity index (χ2v) is 13.4. The quantitative estimate of drug-likeness (QED) is 0.190. The molecule has 5 nitrogen and oxygen atoms in total. The summed E-state index contributed by atoms with van der Waals surface area (Å²) in [4.78, 5) is 7.41. The van der Waals surface area contributed by atoms with Gasteiger partial charge in [0.1, 0.15) is 27.8 Å². The monoisotopic (exact) mass is 648 g/mol. The summed E-state index contributed by atoms with van der Waals surface area (Å²) >= 11 is 1.77. The van der Waals surface area contributed by atoms with Gasteiger partial charge in [0, 0.05) is 60.0 Å². The van der Waals surface area contributed by atoms with Crippen LogP contribution in [0.15, 0.2) is 159 Å². The van der Waals surface area contributed by atoms with E-state index in [1.807, 2.05) is 54.6 Å². The average Bonchev–Trinajstić information content (AvgIpc) is 3.93. The van der Waals surface area contributed by atoms with Crippen LogP contribution >= 0.6 is 11.3 Å². The van der Waals surface area contributed by atoms with E-state index in [-0.39, 0.29) is 0 Å². The molecule has 4 aromatic heterocycles. The minimum atomic E-state index is 0.603. The van der Waals surface area contributed by atoms with Gasteiger partial charge in [-0.15, -0.1) is 11.3 Å². The standard InChI is InChI=1S/C43H24N2O3S/c1-2-10-25(11-3-1)43-44-33-24-34(42-40(41(33)48-43)31-14-6-9-17-39(31)49-42)45(26-19-21-37-32(22-26)29-13-5-8-16-36(29)46-37)27-18-20-30-28-12-4-7-15-35(28)47-38(30)23-27/h1-24H. The molecule has 0 aliphatic heterocycles. The van der Waals surface area contributed by atoms with Crippen LogP contribution < -0.4 is 4.90 Å². The molecule has 0 N–H and O–H groups in total. The fourth-order valence-corrected chi connectivity index (χ4v) is 8.47. The van der Waals surface area contributed by atoms with Crippen LogP contribution in [-0.4, -0.2) is 4.98 Å². The van der Waals surface area contributed by atoms with E-state index in [4.69, 9.17) is 18.2 Å². The van der Waals surface area contributed by atoms with E-state index in [1.165, 1.54) is 4.70 Å². The third-order valence-electron chi connectivity index (χ3n) is 9.48. The summed E-state index contributed by atoms with van der Waals surface area (Å²) in [6, 6.07) is 50.1. The Bertz CT molecular complexity index is 3070. The van der Waals surface area contributed by atoms with Crippen LogP contribution in [-0.2, 0) is 0 Å². The van der Waals surface area contributed by atoms with Gasteiger partial charge in [0.2, 0.25) is 5.89 Å². The van der Waals surface area contributed by atoms with Gasteiger partial charge >= 0.3 is 0 Å². The Balaban J connectivity index is 1.24. The lowest BCUT2D eigenvalue weighted by atomic mass is 10.1. The number of thiophene rings is 1. The molecule has 4 heterocycles. The van der Waals surface area contributed by atoms with Crippen molar-refractivity contribution in [2.75, 3.05) is 4.90 Å².